The number of benzene rings is 2. The van der Waals surface area contributed by atoms with Crippen LogP contribution in [0.4, 0.5) is 0 Å². The van der Waals surface area contributed by atoms with Crippen molar-refractivity contribution in [2.24, 2.45) is 0 Å². The Hall–Kier alpha value is -2.48. The summed E-state index contributed by atoms with van der Waals surface area (Å²) in [6.45, 7) is 7.05. The molecule has 0 radical (unpaired) electrons. The van der Waals surface area contributed by atoms with Crippen molar-refractivity contribution in [3.8, 4) is 22.5 Å². The molecule has 4 rings (SSSR count). The van der Waals surface area contributed by atoms with E-state index in [0.717, 1.165) is 36.5 Å². The van der Waals surface area contributed by atoms with Crippen LogP contribution >= 0.6 is 0 Å². The maximum absolute atomic E-state index is 12.6. The van der Waals surface area contributed by atoms with Crippen molar-refractivity contribution in [1.82, 2.24) is 19.8 Å². The Labute approximate surface area is 172 Å². The summed E-state index contributed by atoms with van der Waals surface area (Å²) in [5.41, 5.74) is 6.50. The summed E-state index contributed by atoms with van der Waals surface area (Å²) in [6.07, 6.45) is 0.838. The summed E-state index contributed by atoms with van der Waals surface area (Å²) in [5, 5.41) is 7.64. The van der Waals surface area contributed by atoms with Crippen LogP contribution in [0.1, 0.15) is 25.0 Å². The lowest BCUT2D eigenvalue weighted by Gasteiger charge is -2.18. The van der Waals surface area contributed by atoms with Gasteiger partial charge < -0.3 is 4.90 Å². The highest BCUT2D eigenvalue weighted by Crippen LogP contribution is 2.39. The minimum absolute atomic E-state index is 0.274. The zero-order valence-corrected chi connectivity index (χ0v) is 17.6. The normalized spacial score (nSPS) is 12.9. The Kier molecular flexibility index (Phi) is 5.54. The average molecular weight is 411 g/mol. The molecule has 0 spiro atoms. The number of hydrogen-bond acceptors (Lipinski definition) is 4. The van der Waals surface area contributed by atoms with E-state index < -0.39 is 10.0 Å². The molecule has 1 aliphatic rings. The maximum Gasteiger partial charge on any atom is 0.240 e. The molecule has 0 saturated heterocycles. The second-order valence-electron chi connectivity index (χ2n) is 7.21. The number of nitrogens with zero attached hydrogens (tertiary/aromatic N) is 2. The van der Waals surface area contributed by atoms with Gasteiger partial charge in [-0.1, -0.05) is 50.2 Å². The first-order chi connectivity index (χ1) is 14.0. The van der Waals surface area contributed by atoms with Crippen molar-refractivity contribution < 1.29 is 8.42 Å². The zero-order valence-electron chi connectivity index (χ0n) is 16.8. The van der Waals surface area contributed by atoms with Crippen molar-refractivity contribution in [3.63, 3.8) is 0 Å². The number of H-pyrrole nitrogens is 1. The standard InChI is InChI=1S/C22H26N4O2S/c1-3-26(4-2)14-13-23-29(27,28)18-11-9-16(10-12-18)21-20-15-17-7-5-6-8-19(17)22(20)25-24-21/h5-12,23H,3-4,13-15H2,1-2H3,(H,24,25). The number of aromatic nitrogens is 2. The molecule has 0 aliphatic heterocycles. The number of aromatic amines is 1. The molecule has 3 aromatic rings. The lowest BCUT2D eigenvalue weighted by Crippen LogP contribution is -2.34. The zero-order chi connectivity index (χ0) is 20.4. The molecule has 2 aromatic carbocycles. The maximum atomic E-state index is 12.6. The third-order valence-electron chi connectivity index (χ3n) is 5.57. The van der Waals surface area contributed by atoms with Gasteiger partial charge in [-0.25, -0.2) is 13.1 Å². The quantitative estimate of drug-likeness (QED) is 0.467. The van der Waals surface area contributed by atoms with Gasteiger partial charge >= 0.3 is 0 Å². The molecular formula is C22H26N4O2S. The number of hydrogen-bond donors (Lipinski definition) is 2. The van der Waals surface area contributed by atoms with Gasteiger partial charge in [0.15, 0.2) is 0 Å². The Morgan fingerprint density at radius 3 is 2.52 bits per heavy atom. The third kappa shape index (κ3) is 3.85. The van der Waals surface area contributed by atoms with Crippen LogP contribution < -0.4 is 4.72 Å². The SMILES string of the molecule is CCN(CC)CCNS(=O)(=O)c1ccc(-c2n[nH]c3c2Cc2ccccc2-3)cc1. The van der Waals surface area contributed by atoms with Crippen molar-refractivity contribution in [2.75, 3.05) is 26.2 Å². The fraction of sp³-hybridized carbons (Fsp3) is 0.318. The highest BCUT2D eigenvalue weighted by atomic mass is 32.2. The Balaban J connectivity index is 1.50. The van der Waals surface area contributed by atoms with E-state index in [1.165, 1.54) is 16.7 Å². The van der Waals surface area contributed by atoms with Crippen LogP contribution in [0, 0.1) is 0 Å². The molecule has 0 fully saturated rings. The van der Waals surface area contributed by atoms with Gasteiger partial charge in [-0.3, -0.25) is 5.10 Å². The molecule has 7 heteroatoms. The topological polar surface area (TPSA) is 78.1 Å². The summed E-state index contributed by atoms with van der Waals surface area (Å²) in [5.74, 6) is 0. The van der Waals surface area contributed by atoms with Gasteiger partial charge in [0, 0.05) is 36.2 Å². The summed E-state index contributed by atoms with van der Waals surface area (Å²) in [7, 11) is -3.52. The fourth-order valence-corrected chi connectivity index (χ4v) is 4.88. The number of rotatable bonds is 8. The first-order valence-electron chi connectivity index (χ1n) is 10.0. The van der Waals surface area contributed by atoms with Gasteiger partial charge in [-0.05, 0) is 30.8 Å². The summed E-state index contributed by atoms with van der Waals surface area (Å²) >= 11 is 0. The van der Waals surface area contributed by atoms with Gasteiger partial charge in [0.25, 0.3) is 0 Å². The minimum Gasteiger partial charge on any atom is -0.303 e. The largest absolute Gasteiger partial charge is 0.303 e. The van der Waals surface area contributed by atoms with Crippen molar-refractivity contribution >= 4 is 10.0 Å². The summed E-state index contributed by atoms with van der Waals surface area (Å²) in [4.78, 5) is 2.46. The smallest absolute Gasteiger partial charge is 0.240 e. The molecule has 0 unspecified atom stereocenters. The molecule has 29 heavy (non-hydrogen) atoms. The van der Waals surface area contributed by atoms with Gasteiger partial charge in [0.05, 0.1) is 16.3 Å². The summed E-state index contributed by atoms with van der Waals surface area (Å²) < 4.78 is 27.8. The van der Waals surface area contributed by atoms with Crippen LogP contribution in [0.5, 0.6) is 0 Å². The van der Waals surface area contributed by atoms with Crippen molar-refractivity contribution in [1.29, 1.82) is 0 Å². The molecule has 152 valence electrons. The monoisotopic (exact) mass is 410 g/mol. The Morgan fingerprint density at radius 2 is 1.79 bits per heavy atom. The van der Waals surface area contributed by atoms with E-state index in [9.17, 15) is 8.42 Å². The predicted molar refractivity (Wildman–Crippen MR) is 115 cm³/mol. The van der Waals surface area contributed by atoms with Crippen LogP contribution in [0.3, 0.4) is 0 Å². The minimum atomic E-state index is -3.52. The number of fused-ring (bicyclic) bond motifs is 3. The third-order valence-corrected chi connectivity index (χ3v) is 7.05. The average Bonchev–Trinajstić information content (AvgIpc) is 3.30. The molecular weight excluding hydrogens is 384 g/mol. The molecule has 1 heterocycles. The summed E-state index contributed by atoms with van der Waals surface area (Å²) in [6, 6.07) is 15.3. The van der Waals surface area contributed by atoms with Gasteiger partial charge in [-0.15, -0.1) is 0 Å². The molecule has 2 N–H and O–H groups in total. The van der Waals surface area contributed by atoms with Crippen molar-refractivity contribution in [2.45, 2.75) is 25.2 Å². The van der Waals surface area contributed by atoms with E-state index in [4.69, 9.17) is 0 Å². The van der Waals surface area contributed by atoms with E-state index in [0.29, 0.717) is 13.1 Å². The van der Waals surface area contributed by atoms with Crippen LogP contribution in [-0.4, -0.2) is 49.7 Å². The first-order valence-corrected chi connectivity index (χ1v) is 11.5. The second-order valence-corrected chi connectivity index (χ2v) is 8.98. The number of nitrogens with one attached hydrogen (secondary N) is 2. The van der Waals surface area contributed by atoms with E-state index >= 15 is 0 Å². The molecule has 0 atom stereocenters. The lowest BCUT2D eigenvalue weighted by molar-refractivity contribution is 0.309. The van der Waals surface area contributed by atoms with E-state index in [-0.39, 0.29) is 4.90 Å². The van der Waals surface area contributed by atoms with E-state index in [1.807, 2.05) is 24.3 Å². The molecule has 0 bridgehead atoms. The van der Waals surface area contributed by atoms with Crippen LogP contribution in [0.2, 0.25) is 0 Å². The highest BCUT2D eigenvalue weighted by Gasteiger charge is 2.24. The highest BCUT2D eigenvalue weighted by molar-refractivity contribution is 7.89. The van der Waals surface area contributed by atoms with Crippen LogP contribution in [-0.2, 0) is 16.4 Å². The second kappa shape index (κ2) is 8.10. The van der Waals surface area contributed by atoms with Gasteiger partial charge in [-0.2, -0.15) is 5.10 Å². The molecule has 1 aromatic heterocycles. The molecule has 0 saturated carbocycles. The lowest BCUT2D eigenvalue weighted by atomic mass is 10.1. The Morgan fingerprint density at radius 1 is 1.07 bits per heavy atom. The van der Waals surface area contributed by atoms with Gasteiger partial charge in [0.1, 0.15) is 0 Å². The van der Waals surface area contributed by atoms with Crippen molar-refractivity contribution in [3.05, 3.63) is 59.7 Å². The number of likely N-dealkylation sites (N-methyl/N-ethyl adjacent to an activating group) is 1. The molecule has 6 nitrogen and oxygen atoms in total. The van der Waals surface area contributed by atoms with Gasteiger partial charge in [0.2, 0.25) is 10.0 Å². The predicted octanol–water partition coefficient (Wildman–Crippen LogP) is 3.27. The molecule has 0 amide bonds. The van der Waals surface area contributed by atoms with Crippen LogP contribution in [0.25, 0.3) is 22.5 Å². The van der Waals surface area contributed by atoms with E-state index in [2.05, 4.69) is 45.8 Å². The van der Waals surface area contributed by atoms with E-state index in [1.54, 1.807) is 12.1 Å². The molecule has 1 aliphatic carbocycles. The van der Waals surface area contributed by atoms with Crippen LogP contribution in [0.15, 0.2) is 53.4 Å². The fourth-order valence-electron chi connectivity index (χ4n) is 3.86. The number of sulfonamides is 1. The first kappa shape index (κ1) is 19.8. The Bertz CT molecular complexity index is 1100.